The molecule has 1 fully saturated rings. The van der Waals surface area contributed by atoms with Crippen LogP contribution in [-0.4, -0.2) is 62.9 Å². The van der Waals surface area contributed by atoms with Gasteiger partial charge < -0.3 is 14.4 Å². The number of carbonyl (C=O) groups excluding carboxylic acids is 1. The van der Waals surface area contributed by atoms with Gasteiger partial charge in [0.15, 0.2) is 11.5 Å². The second kappa shape index (κ2) is 7.68. The van der Waals surface area contributed by atoms with Crippen molar-refractivity contribution >= 4 is 15.9 Å². The van der Waals surface area contributed by atoms with Crippen molar-refractivity contribution in [3.05, 3.63) is 53.1 Å². The highest BCUT2D eigenvalue weighted by Crippen LogP contribution is 2.33. The van der Waals surface area contributed by atoms with Crippen molar-refractivity contribution in [2.75, 3.05) is 39.4 Å². The van der Waals surface area contributed by atoms with Crippen molar-refractivity contribution in [3.63, 3.8) is 0 Å². The summed E-state index contributed by atoms with van der Waals surface area (Å²) in [5, 5.41) is 0. The van der Waals surface area contributed by atoms with Crippen molar-refractivity contribution < 1.29 is 22.7 Å². The Labute approximate surface area is 170 Å². The third-order valence-electron chi connectivity index (χ3n) is 5.51. The zero-order chi connectivity index (χ0) is 20.6. The molecule has 2 aliphatic rings. The van der Waals surface area contributed by atoms with Gasteiger partial charge in [-0.1, -0.05) is 12.1 Å². The number of hydrogen-bond acceptors (Lipinski definition) is 5. The molecule has 0 saturated carbocycles. The van der Waals surface area contributed by atoms with Crippen LogP contribution < -0.4 is 9.47 Å². The molecule has 0 radical (unpaired) electrons. The van der Waals surface area contributed by atoms with E-state index in [2.05, 4.69) is 0 Å². The van der Waals surface area contributed by atoms with Crippen LogP contribution in [0.2, 0.25) is 0 Å². The minimum atomic E-state index is -3.66. The van der Waals surface area contributed by atoms with E-state index < -0.39 is 10.0 Å². The summed E-state index contributed by atoms with van der Waals surface area (Å²) in [6.45, 7) is 5.99. The van der Waals surface area contributed by atoms with Crippen LogP contribution in [0.4, 0.5) is 0 Å². The summed E-state index contributed by atoms with van der Waals surface area (Å²) in [6, 6.07) is 10.3. The predicted molar refractivity (Wildman–Crippen MR) is 108 cm³/mol. The van der Waals surface area contributed by atoms with Gasteiger partial charge in [-0.3, -0.25) is 4.79 Å². The van der Waals surface area contributed by atoms with Crippen molar-refractivity contribution in [3.8, 4) is 11.5 Å². The lowest BCUT2D eigenvalue weighted by molar-refractivity contribution is 0.0697. The van der Waals surface area contributed by atoms with E-state index in [1.54, 1.807) is 11.0 Å². The first kappa shape index (κ1) is 19.7. The van der Waals surface area contributed by atoms with Crippen LogP contribution in [0.25, 0.3) is 0 Å². The monoisotopic (exact) mass is 416 g/mol. The molecule has 0 atom stereocenters. The number of hydrogen-bond donors (Lipinski definition) is 0. The summed E-state index contributed by atoms with van der Waals surface area (Å²) in [6.07, 6.45) is 0. The molecular formula is C21H24N2O5S. The average molecular weight is 416 g/mol. The fraction of sp³-hybridized carbons (Fsp3) is 0.381. The lowest BCUT2D eigenvalue weighted by atomic mass is 10.0. The van der Waals surface area contributed by atoms with Crippen LogP contribution in [0.5, 0.6) is 11.5 Å². The van der Waals surface area contributed by atoms with Crippen molar-refractivity contribution in [2.24, 2.45) is 0 Å². The lowest BCUT2D eigenvalue weighted by Gasteiger charge is -2.34. The third-order valence-corrected chi connectivity index (χ3v) is 7.41. The van der Waals surface area contributed by atoms with Gasteiger partial charge in [0.05, 0.1) is 4.90 Å². The first-order valence-corrected chi connectivity index (χ1v) is 11.1. The molecule has 0 aliphatic carbocycles. The topological polar surface area (TPSA) is 76.2 Å². The Balaban J connectivity index is 1.47. The molecule has 29 heavy (non-hydrogen) atoms. The molecule has 0 N–H and O–H groups in total. The highest BCUT2D eigenvalue weighted by molar-refractivity contribution is 7.89. The molecule has 8 heteroatoms. The van der Waals surface area contributed by atoms with Gasteiger partial charge in [-0.25, -0.2) is 8.42 Å². The Morgan fingerprint density at radius 1 is 0.931 bits per heavy atom. The maximum Gasteiger partial charge on any atom is 0.254 e. The molecule has 2 aliphatic heterocycles. The number of nitrogens with zero attached hydrogens (tertiary/aromatic N) is 2. The first-order valence-electron chi connectivity index (χ1n) is 9.63. The number of ether oxygens (including phenoxy) is 2. The van der Waals surface area contributed by atoms with E-state index in [1.807, 2.05) is 32.0 Å². The Kier molecular flexibility index (Phi) is 5.23. The highest BCUT2D eigenvalue weighted by Gasteiger charge is 2.31. The van der Waals surface area contributed by atoms with Crippen molar-refractivity contribution in [1.29, 1.82) is 0 Å². The van der Waals surface area contributed by atoms with E-state index in [1.165, 1.54) is 16.4 Å². The van der Waals surface area contributed by atoms with Gasteiger partial charge >= 0.3 is 0 Å². The maximum absolute atomic E-state index is 13.0. The standard InChI is InChI=1S/C21H24N2O5S/c1-15-4-3-5-18(16(15)2)21(24)22-8-10-23(11-9-22)29(25,26)17-6-7-19-20(14-17)28-13-12-27-19/h3-7,14H,8-13H2,1-2H3. The summed E-state index contributed by atoms with van der Waals surface area (Å²) in [5.41, 5.74) is 2.70. The molecule has 1 amide bonds. The molecule has 0 aromatic heterocycles. The van der Waals surface area contributed by atoms with E-state index in [-0.39, 0.29) is 23.9 Å². The smallest absolute Gasteiger partial charge is 0.254 e. The zero-order valence-electron chi connectivity index (χ0n) is 16.6. The molecule has 0 unspecified atom stereocenters. The van der Waals surface area contributed by atoms with Crippen molar-refractivity contribution in [1.82, 2.24) is 9.21 Å². The van der Waals surface area contributed by atoms with Crippen LogP contribution >= 0.6 is 0 Å². The average Bonchev–Trinajstić information content (AvgIpc) is 2.75. The minimum absolute atomic E-state index is 0.0532. The van der Waals surface area contributed by atoms with E-state index in [0.29, 0.717) is 43.4 Å². The molecule has 0 spiro atoms. The summed E-state index contributed by atoms with van der Waals surface area (Å²) in [5.74, 6) is 0.947. The molecule has 2 aromatic rings. The number of fused-ring (bicyclic) bond motifs is 1. The van der Waals surface area contributed by atoms with Gasteiger partial charge in [0, 0.05) is 37.8 Å². The molecular weight excluding hydrogens is 392 g/mol. The fourth-order valence-electron chi connectivity index (χ4n) is 3.62. The molecule has 0 bridgehead atoms. The second-order valence-corrected chi connectivity index (χ2v) is 9.19. The molecule has 154 valence electrons. The molecule has 2 heterocycles. The van der Waals surface area contributed by atoms with E-state index in [9.17, 15) is 13.2 Å². The second-order valence-electron chi connectivity index (χ2n) is 7.25. The van der Waals surface area contributed by atoms with Crippen LogP contribution in [0.3, 0.4) is 0 Å². The van der Waals surface area contributed by atoms with E-state index in [4.69, 9.17) is 9.47 Å². The number of amides is 1. The number of aryl methyl sites for hydroxylation is 1. The minimum Gasteiger partial charge on any atom is -0.486 e. The van der Waals surface area contributed by atoms with Gasteiger partial charge in [-0.2, -0.15) is 4.31 Å². The van der Waals surface area contributed by atoms with Gasteiger partial charge in [-0.15, -0.1) is 0 Å². The van der Waals surface area contributed by atoms with Crippen LogP contribution in [0, 0.1) is 13.8 Å². The third kappa shape index (κ3) is 3.70. The van der Waals surface area contributed by atoms with Gasteiger partial charge in [-0.05, 0) is 43.2 Å². The Hall–Kier alpha value is -2.58. The summed E-state index contributed by atoms with van der Waals surface area (Å²) in [4.78, 5) is 14.8. The van der Waals surface area contributed by atoms with Crippen LogP contribution in [0.15, 0.2) is 41.3 Å². The fourth-order valence-corrected chi connectivity index (χ4v) is 5.06. The number of benzene rings is 2. The van der Waals surface area contributed by atoms with E-state index >= 15 is 0 Å². The van der Waals surface area contributed by atoms with Gasteiger partial charge in [0.25, 0.3) is 5.91 Å². The highest BCUT2D eigenvalue weighted by atomic mass is 32.2. The molecule has 1 saturated heterocycles. The summed E-state index contributed by atoms with van der Waals surface area (Å²) in [7, 11) is -3.66. The first-order chi connectivity index (χ1) is 13.9. The quantitative estimate of drug-likeness (QED) is 0.767. The SMILES string of the molecule is Cc1cccc(C(=O)N2CCN(S(=O)(=O)c3ccc4c(c3)OCCO4)CC2)c1C. The Morgan fingerprint density at radius 2 is 1.62 bits per heavy atom. The van der Waals surface area contributed by atoms with Crippen LogP contribution in [-0.2, 0) is 10.0 Å². The largest absolute Gasteiger partial charge is 0.486 e. The summed E-state index contributed by atoms with van der Waals surface area (Å²) < 4.78 is 38.5. The lowest BCUT2D eigenvalue weighted by Crippen LogP contribution is -2.50. The Bertz CT molecular complexity index is 1040. The summed E-state index contributed by atoms with van der Waals surface area (Å²) >= 11 is 0. The normalized spacial score (nSPS) is 17.2. The van der Waals surface area contributed by atoms with Gasteiger partial charge in [0.2, 0.25) is 10.0 Å². The number of piperazine rings is 1. The molecule has 4 rings (SSSR count). The van der Waals surface area contributed by atoms with Gasteiger partial charge in [0.1, 0.15) is 13.2 Å². The van der Waals surface area contributed by atoms with E-state index in [0.717, 1.165) is 11.1 Å². The van der Waals surface area contributed by atoms with Crippen LogP contribution in [0.1, 0.15) is 21.5 Å². The number of carbonyl (C=O) groups is 1. The van der Waals surface area contributed by atoms with Crippen molar-refractivity contribution in [2.45, 2.75) is 18.7 Å². The zero-order valence-corrected chi connectivity index (χ0v) is 17.4. The number of sulfonamides is 1. The maximum atomic E-state index is 13.0. The molecule has 7 nitrogen and oxygen atoms in total. The molecule has 2 aromatic carbocycles. The Morgan fingerprint density at radius 3 is 2.34 bits per heavy atom. The number of rotatable bonds is 3. The predicted octanol–water partition coefficient (Wildman–Crippen LogP) is 2.22.